The molecule has 2 aliphatic carbocycles. The summed E-state index contributed by atoms with van der Waals surface area (Å²) in [5.41, 5.74) is 1.67. The molecule has 1 amide bonds. The van der Waals surface area contributed by atoms with Crippen molar-refractivity contribution in [3.8, 4) is 0 Å². The number of aromatic nitrogens is 1. The maximum Gasteiger partial charge on any atom is 0.328 e. The van der Waals surface area contributed by atoms with Crippen molar-refractivity contribution < 1.29 is 14.3 Å². The van der Waals surface area contributed by atoms with Gasteiger partial charge in [0.2, 0.25) is 0 Å². The molecule has 26 heavy (non-hydrogen) atoms. The molecular weight excluding hydrogens is 332 g/mol. The molecule has 1 fully saturated rings. The lowest BCUT2D eigenvalue weighted by Crippen LogP contribution is -2.44. The monoisotopic (exact) mass is 360 g/mol. The van der Waals surface area contributed by atoms with Crippen LogP contribution in [0.4, 0.5) is 0 Å². The number of hydrogen-bond donors (Lipinski definition) is 2. The number of rotatable bonds is 5. The van der Waals surface area contributed by atoms with E-state index in [1.54, 1.807) is 6.07 Å². The average Bonchev–Trinajstić information content (AvgIpc) is 2.67. The summed E-state index contributed by atoms with van der Waals surface area (Å²) < 4.78 is 4.87. The number of carbonyl (C=O) groups excluding carboxylic acids is 2. The number of pyridine rings is 1. The second-order valence-electron chi connectivity index (χ2n) is 7.51. The average molecular weight is 360 g/mol. The van der Waals surface area contributed by atoms with Gasteiger partial charge in [-0.15, -0.1) is 0 Å². The molecule has 1 heterocycles. The summed E-state index contributed by atoms with van der Waals surface area (Å²) in [4.78, 5) is 40.0. The fraction of sp³-hybridized carbons (Fsp3) is 0.650. The SMILES string of the molecule is COC(=O)[C@H](CC1CCCCC1)NC(=O)c1cc2c([nH]c1=O)CCCC2. The summed E-state index contributed by atoms with van der Waals surface area (Å²) in [6, 6.07) is 0.989. The quantitative estimate of drug-likeness (QED) is 0.790. The third-order valence-electron chi connectivity index (χ3n) is 5.67. The van der Waals surface area contributed by atoms with E-state index in [2.05, 4.69) is 10.3 Å². The van der Waals surface area contributed by atoms with Crippen LogP contribution in [0.3, 0.4) is 0 Å². The number of carbonyl (C=O) groups is 2. The molecule has 0 aliphatic heterocycles. The van der Waals surface area contributed by atoms with Gasteiger partial charge >= 0.3 is 5.97 Å². The van der Waals surface area contributed by atoms with Crippen LogP contribution in [-0.2, 0) is 22.4 Å². The summed E-state index contributed by atoms with van der Waals surface area (Å²) in [7, 11) is 1.33. The van der Waals surface area contributed by atoms with E-state index in [-0.39, 0.29) is 11.1 Å². The minimum Gasteiger partial charge on any atom is -0.467 e. The Hall–Kier alpha value is -2.11. The zero-order chi connectivity index (χ0) is 18.5. The van der Waals surface area contributed by atoms with Gasteiger partial charge < -0.3 is 15.0 Å². The number of methoxy groups -OCH3 is 1. The van der Waals surface area contributed by atoms with Gasteiger partial charge in [-0.05, 0) is 49.7 Å². The third kappa shape index (κ3) is 4.34. The highest BCUT2D eigenvalue weighted by atomic mass is 16.5. The van der Waals surface area contributed by atoms with Crippen LogP contribution in [0, 0.1) is 5.92 Å². The van der Waals surface area contributed by atoms with Gasteiger partial charge in [0.25, 0.3) is 11.5 Å². The molecule has 0 aromatic carbocycles. The minimum absolute atomic E-state index is 0.0863. The number of aryl methyl sites for hydroxylation is 2. The first-order valence-corrected chi connectivity index (χ1v) is 9.72. The first kappa shape index (κ1) is 18.7. The van der Waals surface area contributed by atoms with Gasteiger partial charge in [-0.3, -0.25) is 9.59 Å². The Morgan fingerprint density at radius 3 is 2.65 bits per heavy atom. The van der Waals surface area contributed by atoms with Crippen LogP contribution >= 0.6 is 0 Å². The molecule has 6 heteroatoms. The van der Waals surface area contributed by atoms with Crippen LogP contribution < -0.4 is 10.9 Å². The first-order valence-electron chi connectivity index (χ1n) is 9.72. The summed E-state index contributed by atoms with van der Waals surface area (Å²) in [5.74, 6) is -0.529. The minimum atomic E-state index is -0.703. The molecule has 0 unspecified atom stereocenters. The second-order valence-corrected chi connectivity index (χ2v) is 7.51. The molecule has 3 rings (SSSR count). The first-order chi connectivity index (χ1) is 12.6. The lowest BCUT2D eigenvalue weighted by atomic mass is 9.84. The Morgan fingerprint density at radius 1 is 1.19 bits per heavy atom. The standard InChI is InChI=1S/C20H28N2O4/c1-26-20(25)17(11-13-7-3-2-4-8-13)22-19(24)15-12-14-9-5-6-10-16(14)21-18(15)23/h12-13,17H,2-11H2,1H3,(H,21,23)(H,22,24)/t17-/m0/s1. The lowest BCUT2D eigenvalue weighted by molar-refractivity contribution is -0.143. The van der Waals surface area contributed by atoms with Crippen LogP contribution in [0.2, 0.25) is 0 Å². The van der Waals surface area contributed by atoms with Crippen molar-refractivity contribution in [2.45, 2.75) is 70.3 Å². The van der Waals surface area contributed by atoms with Gasteiger partial charge in [-0.1, -0.05) is 32.1 Å². The molecule has 0 bridgehead atoms. The van der Waals surface area contributed by atoms with Crippen molar-refractivity contribution in [1.29, 1.82) is 0 Å². The van der Waals surface area contributed by atoms with E-state index in [0.29, 0.717) is 12.3 Å². The van der Waals surface area contributed by atoms with Gasteiger partial charge in [0, 0.05) is 5.69 Å². The summed E-state index contributed by atoms with van der Waals surface area (Å²) in [6.07, 6.45) is 10.1. The van der Waals surface area contributed by atoms with Gasteiger partial charge in [0.05, 0.1) is 7.11 Å². The number of nitrogens with one attached hydrogen (secondary N) is 2. The van der Waals surface area contributed by atoms with Crippen molar-refractivity contribution in [2.24, 2.45) is 5.92 Å². The molecule has 1 aromatic heterocycles. The van der Waals surface area contributed by atoms with Gasteiger partial charge in [0.1, 0.15) is 11.6 Å². The molecular formula is C20H28N2O4. The largest absolute Gasteiger partial charge is 0.467 e. The third-order valence-corrected chi connectivity index (χ3v) is 5.67. The zero-order valence-corrected chi connectivity index (χ0v) is 15.4. The number of hydrogen-bond acceptors (Lipinski definition) is 4. The van der Waals surface area contributed by atoms with Crippen molar-refractivity contribution in [3.05, 3.63) is 33.2 Å². The number of aromatic amines is 1. The van der Waals surface area contributed by atoms with E-state index in [4.69, 9.17) is 4.74 Å². The molecule has 1 aromatic rings. The maximum atomic E-state index is 12.7. The van der Waals surface area contributed by atoms with E-state index in [1.807, 2.05) is 0 Å². The van der Waals surface area contributed by atoms with Crippen LogP contribution in [0.5, 0.6) is 0 Å². The smallest absolute Gasteiger partial charge is 0.328 e. The highest BCUT2D eigenvalue weighted by Gasteiger charge is 2.28. The van der Waals surface area contributed by atoms with Crippen molar-refractivity contribution in [1.82, 2.24) is 10.3 Å². The Labute approximate surface area is 153 Å². The Bertz CT molecular complexity index is 719. The Kier molecular flexibility index (Phi) is 6.12. The highest BCUT2D eigenvalue weighted by molar-refractivity contribution is 5.96. The van der Waals surface area contributed by atoms with Crippen molar-refractivity contribution in [2.75, 3.05) is 7.11 Å². The molecule has 142 valence electrons. The molecule has 1 saturated carbocycles. The molecule has 2 aliphatic rings. The van der Waals surface area contributed by atoms with E-state index < -0.39 is 17.9 Å². The molecule has 6 nitrogen and oxygen atoms in total. The van der Waals surface area contributed by atoms with E-state index >= 15 is 0 Å². The maximum absolute atomic E-state index is 12.7. The predicted molar refractivity (Wildman–Crippen MR) is 98.2 cm³/mol. The van der Waals surface area contributed by atoms with E-state index in [9.17, 15) is 14.4 Å². The molecule has 0 saturated heterocycles. The highest BCUT2D eigenvalue weighted by Crippen LogP contribution is 2.27. The van der Waals surface area contributed by atoms with Gasteiger partial charge in [-0.25, -0.2) is 4.79 Å². The van der Waals surface area contributed by atoms with Crippen LogP contribution in [-0.4, -0.2) is 30.0 Å². The summed E-state index contributed by atoms with van der Waals surface area (Å²) in [5, 5.41) is 2.75. The van der Waals surface area contributed by atoms with Crippen LogP contribution in [0.1, 0.15) is 73.0 Å². The summed E-state index contributed by atoms with van der Waals surface area (Å²) in [6.45, 7) is 0. The topological polar surface area (TPSA) is 88.3 Å². The molecule has 1 atom stereocenters. The number of H-pyrrole nitrogens is 1. The number of esters is 1. The fourth-order valence-electron chi connectivity index (χ4n) is 4.19. The number of amides is 1. The molecule has 0 radical (unpaired) electrons. The Balaban J connectivity index is 1.74. The van der Waals surface area contributed by atoms with Crippen molar-refractivity contribution in [3.63, 3.8) is 0 Å². The van der Waals surface area contributed by atoms with Crippen molar-refractivity contribution >= 4 is 11.9 Å². The summed E-state index contributed by atoms with van der Waals surface area (Å²) >= 11 is 0. The molecule has 0 spiro atoms. The van der Waals surface area contributed by atoms with Crippen LogP contribution in [0.25, 0.3) is 0 Å². The normalized spacial score (nSPS) is 18.7. The van der Waals surface area contributed by atoms with Gasteiger partial charge in [-0.2, -0.15) is 0 Å². The van der Waals surface area contributed by atoms with E-state index in [0.717, 1.165) is 62.6 Å². The second kappa shape index (κ2) is 8.52. The van der Waals surface area contributed by atoms with E-state index in [1.165, 1.54) is 13.5 Å². The number of fused-ring (bicyclic) bond motifs is 1. The number of ether oxygens (including phenoxy) is 1. The zero-order valence-electron chi connectivity index (χ0n) is 15.4. The fourth-order valence-corrected chi connectivity index (χ4v) is 4.19. The Morgan fingerprint density at radius 2 is 1.92 bits per heavy atom. The van der Waals surface area contributed by atoms with Gasteiger partial charge in [0.15, 0.2) is 0 Å². The molecule has 2 N–H and O–H groups in total. The van der Waals surface area contributed by atoms with Crippen LogP contribution in [0.15, 0.2) is 10.9 Å². The predicted octanol–water partition coefficient (Wildman–Crippen LogP) is 2.50. The lowest BCUT2D eigenvalue weighted by Gasteiger charge is -2.26.